The predicted octanol–water partition coefficient (Wildman–Crippen LogP) is 3.30. The average Bonchev–Trinajstić information content (AvgIpc) is 2.59. The van der Waals surface area contributed by atoms with Gasteiger partial charge in [-0.25, -0.2) is 13.1 Å². The molecule has 0 unspecified atom stereocenters. The molecule has 1 amide bonds. The second kappa shape index (κ2) is 8.28. The summed E-state index contributed by atoms with van der Waals surface area (Å²) in [6.07, 6.45) is -4.72. The number of sulfonamides is 1. The Kier molecular flexibility index (Phi) is 6.50. The monoisotopic (exact) mass is 420 g/mol. The van der Waals surface area contributed by atoms with E-state index in [-0.39, 0.29) is 11.6 Å². The fourth-order valence-corrected chi connectivity index (χ4v) is 3.70. The molecule has 0 aromatic heterocycles. The van der Waals surface area contributed by atoms with Crippen molar-refractivity contribution in [3.05, 3.63) is 64.7 Å². The van der Waals surface area contributed by atoms with Crippen LogP contribution in [0.15, 0.2) is 53.4 Å². The minimum Gasteiger partial charge on any atom is -0.340 e. The largest absolute Gasteiger partial charge is 0.416 e. The van der Waals surface area contributed by atoms with Crippen LogP contribution in [0.3, 0.4) is 0 Å². The molecule has 2 rings (SSSR count). The molecule has 1 N–H and O–H groups in total. The van der Waals surface area contributed by atoms with E-state index in [0.29, 0.717) is 12.1 Å². The van der Waals surface area contributed by atoms with Crippen molar-refractivity contribution in [2.75, 3.05) is 13.6 Å². The van der Waals surface area contributed by atoms with E-state index in [2.05, 4.69) is 0 Å². The SMILES string of the molecule is CN(Cc1ccccc1)C(=O)CNS(=O)(=O)c1cc(C(F)(F)F)ccc1Cl. The van der Waals surface area contributed by atoms with Gasteiger partial charge in [0, 0.05) is 13.6 Å². The lowest BCUT2D eigenvalue weighted by atomic mass is 10.2. The van der Waals surface area contributed by atoms with Gasteiger partial charge in [0.2, 0.25) is 15.9 Å². The molecule has 2 aromatic carbocycles. The molecule has 10 heteroatoms. The van der Waals surface area contributed by atoms with Crippen molar-refractivity contribution in [2.45, 2.75) is 17.6 Å². The molecule has 5 nitrogen and oxygen atoms in total. The summed E-state index contributed by atoms with van der Waals surface area (Å²) in [4.78, 5) is 12.7. The first-order valence-corrected chi connectivity index (χ1v) is 9.51. The van der Waals surface area contributed by atoms with Crippen LogP contribution in [0.2, 0.25) is 5.02 Å². The molecule has 146 valence electrons. The minimum atomic E-state index is -4.72. The molecule has 0 saturated carbocycles. The van der Waals surface area contributed by atoms with Gasteiger partial charge in [0.25, 0.3) is 0 Å². The average molecular weight is 421 g/mol. The van der Waals surface area contributed by atoms with Gasteiger partial charge in [0.05, 0.1) is 17.1 Å². The summed E-state index contributed by atoms with van der Waals surface area (Å²) in [7, 11) is -2.92. The van der Waals surface area contributed by atoms with Crippen molar-refractivity contribution in [3.63, 3.8) is 0 Å². The van der Waals surface area contributed by atoms with Crippen LogP contribution in [0.4, 0.5) is 13.2 Å². The molecule has 0 spiro atoms. The third-order valence-electron chi connectivity index (χ3n) is 3.65. The smallest absolute Gasteiger partial charge is 0.340 e. The zero-order valence-electron chi connectivity index (χ0n) is 14.1. The van der Waals surface area contributed by atoms with Crippen molar-refractivity contribution >= 4 is 27.5 Å². The predicted molar refractivity (Wildman–Crippen MR) is 94.6 cm³/mol. The van der Waals surface area contributed by atoms with E-state index in [1.807, 2.05) is 10.8 Å². The van der Waals surface area contributed by atoms with Crippen LogP contribution in [0.25, 0.3) is 0 Å². The van der Waals surface area contributed by atoms with Crippen LogP contribution >= 0.6 is 11.6 Å². The number of halogens is 4. The Morgan fingerprint density at radius 1 is 1.15 bits per heavy atom. The molecule has 0 aliphatic rings. The number of carbonyl (C=O) groups excluding carboxylic acids is 1. The van der Waals surface area contributed by atoms with Crippen molar-refractivity contribution in [3.8, 4) is 0 Å². The summed E-state index contributed by atoms with van der Waals surface area (Å²) in [6.45, 7) is -0.357. The number of nitrogens with zero attached hydrogens (tertiary/aromatic N) is 1. The Labute approximate surface area is 159 Å². The third-order valence-corrected chi connectivity index (χ3v) is 5.53. The quantitative estimate of drug-likeness (QED) is 0.779. The number of nitrogens with one attached hydrogen (secondary N) is 1. The third kappa shape index (κ3) is 5.69. The lowest BCUT2D eigenvalue weighted by Gasteiger charge is -2.18. The van der Waals surface area contributed by atoms with Gasteiger partial charge in [-0.15, -0.1) is 0 Å². The fraction of sp³-hybridized carbons (Fsp3) is 0.235. The van der Waals surface area contributed by atoms with E-state index >= 15 is 0 Å². The number of amides is 1. The normalized spacial score (nSPS) is 12.0. The van der Waals surface area contributed by atoms with E-state index in [1.54, 1.807) is 24.3 Å². The van der Waals surface area contributed by atoms with E-state index in [1.165, 1.54) is 11.9 Å². The Morgan fingerprint density at radius 2 is 1.78 bits per heavy atom. The van der Waals surface area contributed by atoms with Gasteiger partial charge in [-0.2, -0.15) is 13.2 Å². The fourth-order valence-electron chi connectivity index (χ4n) is 2.20. The molecule has 0 radical (unpaired) electrons. The van der Waals surface area contributed by atoms with E-state index in [9.17, 15) is 26.4 Å². The first kappa shape index (κ1) is 21.2. The summed E-state index contributed by atoms with van der Waals surface area (Å²) >= 11 is 5.73. The summed E-state index contributed by atoms with van der Waals surface area (Å²) in [5.74, 6) is -0.550. The topological polar surface area (TPSA) is 66.5 Å². The second-order valence-electron chi connectivity index (χ2n) is 5.70. The Hall–Kier alpha value is -2.10. The highest BCUT2D eigenvalue weighted by Gasteiger charge is 2.32. The van der Waals surface area contributed by atoms with Gasteiger partial charge in [-0.05, 0) is 23.8 Å². The zero-order chi connectivity index (χ0) is 20.2. The molecule has 0 fully saturated rings. The number of hydrogen-bond donors (Lipinski definition) is 1. The van der Waals surface area contributed by atoms with Crippen molar-refractivity contribution in [1.82, 2.24) is 9.62 Å². The summed E-state index contributed by atoms with van der Waals surface area (Å²) in [5, 5.41) is -0.374. The standard InChI is InChI=1S/C17H16ClF3N2O3S/c1-23(11-12-5-3-2-4-6-12)16(24)10-22-27(25,26)15-9-13(17(19,20)21)7-8-14(15)18/h2-9,22H,10-11H2,1H3. The highest BCUT2D eigenvalue weighted by molar-refractivity contribution is 7.89. The number of alkyl halides is 3. The van der Waals surface area contributed by atoms with Crippen LogP contribution in [0, 0.1) is 0 Å². The summed E-state index contributed by atoms with van der Waals surface area (Å²) < 4.78 is 64.9. The maximum Gasteiger partial charge on any atom is 0.416 e. The first-order chi connectivity index (χ1) is 12.5. The Morgan fingerprint density at radius 3 is 2.37 bits per heavy atom. The van der Waals surface area contributed by atoms with Gasteiger partial charge in [-0.3, -0.25) is 4.79 Å². The maximum atomic E-state index is 12.8. The molecule has 0 aliphatic heterocycles. The van der Waals surface area contributed by atoms with E-state index in [4.69, 9.17) is 11.6 Å². The molecule has 0 atom stereocenters. The molecular weight excluding hydrogens is 405 g/mol. The molecule has 0 bridgehead atoms. The van der Waals surface area contributed by atoms with Crippen molar-refractivity contribution in [2.24, 2.45) is 0 Å². The Bertz CT molecular complexity index is 919. The molecule has 2 aromatic rings. The van der Waals surface area contributed by atoms with Gasteiger partial charge < -0.3 is 4.90 Å². The number of hydrogen-bond acceptors (Lipinski definition) is 3. The number of benzene rings is 2. The molecule has 0 aliphatic carbocycles. The molecule has 0 saturated heterocycles. The van der Waals surface area contributed by atoms with E-state index in [0.717, 1.165) is 11.6 Å². The van der Waals surface area contributed by atoms with Crippen LogP contribution < -0.4 is 4.72 Å². The molecule has 0 heterocycles. The summed E-state index contributed by atoms with van der Waals surface area (Å²) in [6, 6.07) is 11.0. The van der Waals surface area contributed by atoms with Crippen LogP contribution in [0.1, 0.15) is 11.1 Å². The lowest BCUT2D eigenvalue weighted by Crippen LogP contribution is -2.37. The van der Waals surface area contributed by atoms with Gasteiger partial charge in [0.15, 0.2) is 0 Å². The zero-order valence-corrected chi connectivity index (χ0v) is 15.7. The number of rotatable bonds is 6. The minimum absolute atomic E-state index is 0.256. The first-order valence-electron chi connectivity index (χ1n) is 7.65. The van der Waals surface area contributed by atoms with Crippen molar-refractivity contribution < 1.29 is 26.4 Å². The van der Waals surface area contributed by atoms with Crippen LogP contribution in [-0.4, -0.2) is 32.8 Å². The second-order valence-corrected chi connectivity index (χ2v) is 7.85. The van der Waals surface area contributed by atoms with Crippen LogP contribution in [0.5, 0.6) is 0 Å². The van der Waals surface area contributed by atoms with Gasteiger partial charge >= 0.3 is 6.18 Å². The number of likely N-dealkylation sites (N-methyl/N-ethyl adjacent to an activating group) is 1. The van der Waals surface area contributed by atoms with Gasteiger partial charge in [-0.1, -0.05) is 41.9 Å². The van der Waals surface area contributed by atoms with Gasteiger partial charge in [0.1, 0.15) is 4.90 Å². The Balaban J connectivity index is 2.09. The molecule has 27 heavy (non-hydrogen) atoms. The molecular formula is C17H16ClF3N2O3S. The summed E-state index contributed by atoms with van der Waals surface area (Å²) in [5.41, 5.74) is -0.308. The van der Waals surface area contributed by atoms with Crippen LogP contribution in [-0.2, 0) is 27.5 Å². The highest BCUT2D eigenvalue weighted by Crippen LogP contribution is 2.33. The maximum absolute atomic E-state index is 12.8. The highest BCUT2D eigenvalue weighted by atomic mass is 35.5. The van der Waals surface area contributed by atoms with Crippen molar-refractivity contribution in [1.29, 1.82) is 0 Å². The van der Waals surface area contributed by atoms with E-state index < -0.39 is 39.1 Å². The number of carbonyl (C=O) groups is 1. The lowest BCUT2D eigenvalue weighted by molar-refractivity contribution is -0.137.